The van der Waals surface area contributed by atoms with E-state index in [4.69, 9.17) is 4.74 Å². The van der Waals surface area contributed by atoms with E-state index < -0.39 is 0 Å². The average Bonchev–Trinajstić information content (AvgIpc) is 2.78. The Bertz CT molecular complexity index is 433. The Morgan fingerprint density at radius 2 is 2.25 bits per heavy atom. The molecule has 0 aliphatic heterocycles. The predicted molar refractivity (Wildman–Crippen MR) is 80.9 cm³/mol. The molecular weight excluding hydrogens is 250 g/mol. The fourth-order valence-electron chi connectivity index (χ4n) is 3.54. The molecule has 0 bridgehead atoms. The minimum Gasteiger partial charge on any atom is -0.481 e. The van der Waals surface area contributed by atoms with E-state index in [-0.39, 0.29) is 0 Å². The van der Waals surface area contributed by atoms with Gasteiger partial charge in [0.15, 0.2) is 0 Å². The maximum atomic E-state index is 5.19. The minimum atomic E-state index is 0.421. The third kappa shape index (κ3) is 3.48. The molecule has 0 radical (unpaired) electrons. The van der Waals surface area contributed by atoms with Gasteiger partial charge in [-0.2, -0.15) is 0 Å². The maximum absolute atomic E-state index is 5.19. The molecule has 2 unspecified atom stereocenters. The van der Waals surface area contributed by atoms with Crippen LogP contribution in [0.15, 0.2) is 12.4 Å². The average molecular weight is 277 g/mol. The van der Waals surface area contributed by atoms with Gasteiger partial charge in [0.05, 0.1) is 7.11 Å². The third-order valence-electron chi connectivity index (χ3n) is 4.63. The highest BCUT2D eigenvalue weighted by atomic mass is 16.5. The molecule has 112 valence electrons. The Labute approximate surface area is 122 Å². The Balaban J connectivity index is 2.12. The summed E-state index contributed by atoms with van der Waals surface area (Å²) in [6, 6.07) is 2.43. The predicted octanol–water partition coefficient (Wildman–Crippen LogP) is 2.83. The molecule has 1 fully saturated rings. The number of ether oxygens (including phenoxy) is 1. The van der Waals surface area contributed by atoms with Crippen LogP contribution >= 0.6 is 0 Å². The van der Waals surface area contributed by atoms with Gasteiger partial charge < -0.3 is 10.1 Å². The Hall–Kier alpha value is -1.16. The van der Waals surface area contributed by atoms with Crippen molar-refractivity contribution in [3.05, 3.63) is 18.1 Å². The Morgan fingerprint density at radius 1 is 1.45 bits per heavy atom. The Kier molecular flexibility index (Phi) is 4.97. The number of likely N-dealkylation sites (N-methyl/N-ethyl adjacent to an activating group) is 1. The highest BCUT2D eigenvalue weighted by Gasteiger charge is 2.39. The number of hydrogen-bond acceptors (Lipinski definition) is 4. The normalized spacial score (nSPS) is 22.7. The highest BCUT2D eigenvalue weighted by molar-refractivity contribution is 5.15. The van der Waals surface area contributed by atoms with Gasteiger partial charge in [0.1, 0.15) is 6.33 Å². The molecule has 1 aromatic rings. The zero-order valence-electron chi connectivity index (χ0n) is 13.1. The van der Waals surface area contributed by atoms with Crippen LogP contribution in [-0.2, 0) is 6.42 Å². The fraction of sp³-hybridized carbons (Fsp3) is 0.750. The summed E-state index contributed by atoms with van der Waals surface area (Å²) < 4.78 is 5.19. The number of nitrogens with one attached hydrogen (secondary N) is 1. The topological polar surface area (TPSA) is 47.0 Å². The zero-order valence-corrected chi connectivity index (χ0v) is 13.1. The minimum absolute atomic E-state index is 0.421. The molecule has 2 atom stereocenters. The quantitative estimate of drug-likeness (QED) is 0.868. The second-order valence-corrected chi connectivity index (χ2v) is 6.41. The van der Waals surface area contributed by atoms with Gasteiger partial charge in [-0.05, 0) is 30.7 Å². The molecule has 0 spiro atoms. The number of nitrogens with zero attached hydrogens (tertiary/aromatic N) is 2. The molecule has 4 heteroatoms. The first-order chi connectivity index (χ1) is 9.56. The Morgan fingerprint density at radius 3 is 2.85 bits per heavy atom. The van der Waals surface area contributed by atoms with Gasteiger partial charge in [-0.25, -0.2) is 9.97 Å². The van der Waals surface area contributed by atoms with Gasteiger partial charge in [0, 0.05) is 24.2 Å². The summed E-state index contributed by atoms with van der Waals surface area (Å²) in [4.78, 5) is 8.48. The van der Waals surface area contributed by atoms with Crippen molar-refractivity contribution in [3.8, 4) is 5.88 Å². The lowest BCUT2D eigenvalue weighted by Gasteiger charge is -2.34. The molecule has 1 N–H and O–H groups in total. The summed E-state index contributed by atoms with van der Waals surface area (Å²) >= 11 is 0. The molecule has 1 aliphatic rings. The maximum Gasteiger partial charge on any atom is 0.216 e. The van der Waals surface area contributed by atoms with Crippen molar-refractivity contribution in [1.82, 2.24) is 15.3 Å². The van der Waals surface area contributed by atoms with Crippen molar-refractivity contribution in [3.63, 3.8) is 0 Å². The van der Waals surface area contributed by atoms with Crippen molar-refractivity contribution in [2.24, 2.45) is 11.3 Å². The van der Waals surface area contributed by atoms with Gasteiger partial charge in [0.2, 0.25) is 5.88 Å². The number of rotatable bonds is 6. The third-order valence-corrected chi connectivity index (χ3v) is 4.63. The SMILES string of the molecule is CCNC(Cc1cc(OC)ncn1)C1CCCC1(C)C. The van der Waals surface area contributed by atoms with Crippen LogP contribution in [0, 0.1) is 11.3 Å². The molecule has 1 aromatic heterocycles. The van der Waals surface area contributed by atoms with Gasteiger partial charge in [0.25, 0.3) is 0 Å². The molecule has 0 amide bonds. The van der Waals surface area contributed by atoms with E-state index in [0.29, 0.717) is 23.3 Å². The summed E-state index contributed by atoms with van der Waals surface area (Å²) in [5.74, 6) is 1.36. The van der Waals surface area contributed by atoms with E-state index in [1.165, 1.54) is 19.3 Å². The van der Waals surface area contributed by atoms with Crippen LogP contribution in [-0.4, -0.2) is 29.7 Å². The molecular formula is C16H27N3O. The van der Waals surface area contributed by atoms with E-state index in [2.05, 4.69) is 36.1 Å². The first-order valence-electron chi connectivity index (χ1n) is 7.65. The first kappa shape index (κ1) is 15.2. The summed E-state index contributed by atoms with van der Waals surface area (Å²) in [7, 11) is 1.65. The van der Waals surface area contributed by atoms with E-state index in [1.807, 2.05) is 6.07 Å². The summed E-state index contributed by atoms with van der Waals surface area (Å²) in [5, 5.41) is 3.66. The van der Waals surface area contributed by atoms with Gasteiger partial charge in [-0.3, -0.25) is 0 Å². The number of aromatic nitrogens is 2. The molecule has 4 nitrogen and oxygen atoms in total. The second kappa shape index (κ2) is 6.53. The van der Waals surface area contributed by atoms with Crippen LogP contribution < -0.4 is 10.1 Å². The van der Waals surface area contributed by atoms with E-state index >= 15 is 0 Å². The summed E-state index contributed by atoms with van der Waals surface area (Å²) in [5.41, 5.74) is 1.48. The lowest BCUT2D eigenvalue weighted by molar-refractivity contribution is 0.196. The van der Waals surface area contributed by atoms with Crippen LogP contribution in [0.3, 0.4) is 0 Å². The monoisotopic (exact) mass is 277 g/mol. The van der Waals surface area contributed by atoms with Crippen LogP contribution in [0.1, 0.15) is 45.7 Å². The molecule has 1 saturated carbocycles. The molecule has 0 saturated heterocycles. The van der Waals surface area contributed by atoms with E-state index in [9.17, 15) is 0 Å². The molecule has 1 aliphatic carbocycles. The zero-order chi connectivity index (χ0) is 14.6. The lowest BCUT2D eigenvalue weighted by Crippen LogP contribution is -2.42. The van der Waals surface area contributed by atoms with Gasteiger partial charge >= 0.3 is 0 Å². The van der Waals surface area contributed by atoms with Crippen molar-refractivity contribution < 1.29 is 4.74 Å². The molecule has 0 aromatic carbocycles. The standard InChI is InChI=1S/C16H27N3O/c1-5-17-14(13-7-6-8-16(13,2)3)9-12-10-15(20-4)19-11-18-12/h10-11,13-14,17H,5-9H2,1-4H3. The fourth-order valence-corrected chi connectivity index (χ4v) is 3.54. The first-order valence-corrected chi connectivity index (χ1v) is 7.65. The van der Waals surface area contributed by atoms with E-state index in [0.717, 1.165) is 18.7 Å². The smallest absolute Gasteiger partial charge is 0.216 e. The molecule has 2 rings (SSSR count). The van der Waals surface area contributed by atoms with Gasteiger partial charge in [-0.15, -0.1) is 0 Å². The van der Waals surface area contributed by atoms with Crippen molar-refractivity contribution in [2.45, 2.75) is 52.5 Å². The highest BCUT2D eigenvalue weighted by Crippen LogP contribution is 2.44. The lowest BCUT2D eigenvalue weighted by atomic mass is 9.76. The van der Waals surface area contributed by atoms with Crippen LogP contribution in [0.2, 0.25) is 0 Å². The van der Waals surface area contributed by atoms with Gasteiger partial charge in [-0.1, -0.05) is 27.2 Å². The van der Waals surface area contributed by atoms with Crippen molar-refractivity contribution in [2.75, 3.05) is 13.7 Å². The van der Waals surface area contributed by atoms with Crippen LogP contribution in [0.25, 0.3) is 0 Å². The molecule has 1 heterocycles. The largest absolute Gasteiger partial charge is 0.481 e. The van der Waals surface area contributed by atoms with Crippen molar-refractivity contribution in [1.29, 1.82) is 0 Å². The van der Waals surface area contributed by atoms with Crippen molar-refractivity contribution >= 4 is 0 Å². The number of methoxy groups -OCH3 is 1. The van der Waals surface area contributed by atoms with E-state index in [1.54, 1.807) is 13.4 Å². The summed E-state index contributed by atoms with van der Waals surface area (Å²) in [6.07, 6.45) is 6.52. The summed E-state index contributed by atoms with van der Waals surface area (Å²) in [6.45, 7) is 7.97. The number of hydrogen-bond donors (Lipinski definition) is 1. The second-order valence-electron chi connectivity index (χ2n) is 6.41. The van der Waals surface area contributed by atoms with Crippen LogP contribution in [0.4, 0.5) is 0 Å². The molecule has 20 heavy (non-hydrogen) atoms. The van der Waals surface area contributed by atoms with Crippen LogP contribution in [0.5, 0.6) is 5.88 Å².